The van der Waals surface area contributed by atoms with Crippen molar-refractivity contribution in [1.82, 2.24) is 10.3 Å². The minimum absolute atomic E-state index is 0.372. The summed E-state index contributed by atoms with van der Waals surface area (Å²) in [5, 5.41) is 3.43. The molecule has 1 saturated heterocycles. The van der Waals surface area contributed by atoms with Crippen molar-refractivity contribution in [3.63, 3.8) is 0 Å². The zero-order valence-corrected chi connectivity index (χ0v) is 8.39. The van der Waals surface area contributed by atoms with Crippen molar-refractivity contribution < 1.29 is 4.39 Å². The molecule has 76 valence electrons. The average Bonchev–Trinajstić information content (AvgIpc) is 2.19. The maximum absolute atomic E-state index is 12.8. The number of nitrogens with zero attached hydrogens (tertiary/aromatic N) is 1. The van der Waals surface area contributed by atoms with Crippen LogP contribution in [0.1, 0.15) is 36.6 Å². The van der Waals surface area contributed by atoms with Gasteiger partial charge in [-0.2, -0.15) is 4.39 Å². The van der Waals surface area contributed by atoms with Gasteiger partial charge in [-0.15, -0.1) is 0 Å². The smallest absolute Gasteiger partial charge is 0.213 e. The second-order valence-corrected chi connectivity index (χ2v) is 3.81. The van der Waals surface area contributed by atoms with Gasteiger partial charge in [-0.3, -0.25) is 0 Å². The van der Waals surface area contributed by atoms with Crippen LogP contribution >= 0.6 is 0 Å². The quantitative estimate of drug-likeness (QED) is 0.694. The fraction of sp³-hybridized carbons (Fsp3) is 0.545. The molecule has 0 amide bonds. The summed E-state index contributed by atoms with van der Waals surface area (Å²) < 4.78 is 12.8. The molecule has 1 N–H and O–H groups in total. The van der Waals surface area contributed by atoms with Crippen LogP contribution in [-0.4, -0.2) is 11.5 Å². The van der Waals surface area contributed by atoms with Crippen molar-refractivity contribution in [3.8, 4) is 0 Å². The normalized spacial score (nSPS) is 22.3. The number of piperidine rings is 1. The van der Waals surface area contributed by atoms with Crippen molar-refractivity contribution in [3.05, 3.63) is 29.3 Å². The highest BCUT2D eigenvalue weighted by molar-refractivity contribution is 5.23. The predicted molar refractivity (Wildman–Crippen MR) is 53.5 cm³/mol. The number of aryl methyl sites for hydroxylation is 1. The zero-order valence-electron chi connectivity index (χ0n) is 8.39. The van der Waals surface area contributed by atoms with Crippen molar-refractivity contribution in [2.45, 2.75) is 32.2 Å². The second-order valence-electron chi connectivity index (χ2n) is 3.81. The third-order valence-electron chi connectivity index (χ3n) is 2.78. The van der Waals surface area contributed by atoms with Gasteiger partial charge in [0.1, 0.15) is 0 Å². The van der Waals surface area contributed by atoms with E-state index < -0.39 is 0 Å². The van der Waals surface area contributed by atoms with E-state index in [1.54, 1.807) is 0 Å². The van der Waals surface area contributed by atoms with Crippen molar-refractivity contribution in [1.29, 1.82) is 0 Å². The summed E-state index contributed by atoms with van der Waals surface area (Å²) in [7, 11) is 0. The van der Waals surface area contributed by atoms with E-state index in [0.29, 0.717) is 6.04 Å². The number of nitrogens with one attached hydrogen (secondary N) is 1. The molecule has 2 rings (SSSR count). The summed E-state index contributed by atoms with van der Waals surface area (Å²) >= 11 is 0. The first-order chi connectivity index (χ1) is 6.77. The third kappa shape index (κ3) is 1.93. The number of halogens is 1. The number of rotatable bonds is 1. The van der Waals surface area contributed by atoms with Gasteiger partial charge in [0.2, 0.25) is 5.95 Å². The average molecular weight is 194 g/mol. The minimum atomic E-state index is -0.387. The molecule has 2 nitrogen and oxygen atoms in total. The van der Waals surface area contributed by atoms with Crippen LogP contribution in [0.3, 0.4) is 0 Å². The van der Waals surface area contributed by atoms with Crippen LogP contribution in [0.2, 0.25) is 0 Å². The highest BCUT2D eigenvalue weighted by Crippen LogP contribution is 2.24. The molecule has 1 aliphatic heterocycles. The van der Waals surface area contributed by atoms with E-state index in [-0.39, 0.29) is 5.95 Å². The van der Waals surface area contributed by atoms with Crippen LogP contribution in [0.4, 0.5) is 4.39 Å². The summed E-state index contributed by atoms with van der Waals surface area (Å²) in [4.78, 5) is 3.84. The van der Waals surface area contributed by atoms with E-state index in [1.165, 1.54) is 18.9 Å². The van der Waals surface area contributed by atoms with E-state index in [1.807, 2.05) is 13.0 Å². The molecule has 1 aromatic heterocycles. The summed E-state index contributed by atoms with van der Waals surface area (Å²) in [6, 6.07) is 3.66. The number of aromatic nitrogens is 1. The van der Waals surface area contributed by atoms with Gasteiger partial charge in [0.05, 0.1) is 0 Å². The van der Waals surface area contributed by atoms with Gasteiger partial charge in [0, 0.05) is 11.7 Å². The molecule has 1 atom stereocenters. The van der Waals surface area contributed by atoms with Crippen LogP contribution in [0.5, 0.6) is 0 Å². The summed E-state index contributed by atoms with van der Waals surface area (Å²) in [6.07, 6.45) is 3.62. The first kappa shape index (κ1) is 9.59. The van der Waals surface area contributed by atoms with Gasteiger partial charge in [-0.25, -0.2) is 4.98 Å². The lowest BCUT2D eigenvalue weighted by molar-refractivity contribution is 0.409. The molecule has 3 heteroatoms. The Morgan fingerprint density at radius 1 is 1.43 bits per heavy atom. The monoisotopic (exact) mass is 194 g/mol. The summed E-state index contributed by atoms with van der Waals surface area (Å²) in [5.74, 6) is -0.387. The van der Waals surface area contributed by atoms with Crippen LogP contribution in [-0.2, 0) is 0 Å². The summed E-state index contributed by atoms with van der Waals surface area (Å²) in [6.45, 7) is 2.93. The first-order valence-corrected chi connectivity index (χ1v) is 5.14. The highest BCUT2D eigenvalue weighted by Gasteiger charge is 2.16. The zero-order chi connectivity index (χ0) is 9.97. The largest absolute Gasteiger partial charge is 0.310 e. The van der Waals surface area contributed by atoms with E-state index in [4.69, 9.17) is 0 Å². The van der Waals surface area contributed by atoms with Crippen molar-refractivity contribution in [2.24, 2.45) is 0 Å². The SMILES string of the molecule is Cc1nc(F)ccc1[C@H]1CCCCN1. The van der Waals surface area contributed by atoms with E-state index in [2.05, 4.69) is 10.3 Å². The molecular weight excluding hydrogens is 179 g/mol. The molecule has 0 saturated carbocycles. The summed E-state index contributed by atoms with van der Waals surface area (Å²) in [5.41, 5.74) is 1.95. The molecule has 0 radical (unpaired) electrons. The Bertz CT molecular complexity index is 319. The van der Waals surface area contributed by atoms with Crippen LogP contribution in [0.25, 0.3) is 0 Å². The van der Waals surface area contributed by atoms with Gasteiger partial charge in [0.15, 0.2) is 0 Å². The molecule has 0 aliphatic carbocycles. The lowest BCUT2D eigenvalue weighted by Crippen LogP contribution is -2.27. The predicted octanol–water partition coefficient (Wildman–Crippen LogP) is 2.34. The standard InChI is InChI=1S/C11H15FN2/c1-8-9(5-6-11(12)14-8)10-4-2-3-7-13-10/h5-6,10,13H,2-4,7H2,1H3/t10-/m1/s1. The second kappa shape index (κ2) is 4.05. The van der Waals surface area contributed by atoms with Crippen LogP contribution in [0.15, 0.2) is 12.1 Å². The van der Waals surface area contributed by atoms with Gasteiger partial charge in [-0.1, -0.05) is 12.5 Å². The van der Waals surface area contributed by atoms with Crippen molar-refractivity contribution in [2.75, 3.05) is 6.54 Å². The lowest BCUT2D eigenvalue weighted by Gasteiger charge is -2.24. The van der Waals surface area contributed by atoms with Crippen molar-refractivity contribution >= 4 is 0 Å². The Morgan fingerprint density at radius 3 is 2.93 bits per heavy atom. The number of hydrogen-bond acceptors (Lipinski definition) is 2. The molecule has 1 fully saturated rings. The molecule has 2 heterocycles. The minimum Gasteiger partial charge on any atom is -0.310 e. The first-order valence-electron chi connectivity index (χ1n) is 5.14. The lowest BCUT2D eigenvalue weighted by atomic mass is 9.97. The molecule has 0 aromatic carbocycles. The Kier molecular flexibility index (Phi) is 2.77. The van der Waals surface area contributed by atoms with Crippen LogP contribution in [0, 0.1) is 12.9 Å². The molecular formula is C11H15FN2. The van der Waals surface area contributed by atoms with E-state index in [9.17, 15) is 4.39 Å². The highest BCUT2D eigenvalue weighted by atomic mass is 19.1. The fourth-order valence-electron chi connectivity index (χ4n) is 2.03. The van der Waals surface area contributed by atoms with E-state index >= 15 is 0 Å². The topological polar surface area (TPSA) is 24.9 Å². The number of hydrogen-bond donors (Lipinski definition) is 1. The molecule has 1 aliphatic rings. The molecule has 0 spiro atoms. The third-order valence-corrected chi connectivity index (χ3v) is 2.78. The molecule has 0 unspecified atom stereocenters. The molecule has 1 aromatic rings. The Morgan fingerprint density at radius 2 is 2.29 bits per heavy atom. The molecule has 14 heavy (non-hydrogen) atoms. The van der Waals surface area contributed by atoms with Gasteiger partial charge in [0.25, 0.3) is 0 Å². The fourth-order valence-corrected chi connectivity index (χ4v) is 2.03. The van der Waals surface area contributed by atoms with E-state index in [0.717, 1.165) is 24.2 Å². The Balaban J connectivity index is 2.22. The van der Waals surface area contributed by atoms with Gasteiger partial charge < -0.3 is 5.32 Å². The van der Waals surface area contributed by atoms with Gasteiger partial charge >= 0.3 is 0 Å². The maximum atomic E-state index is 12.8. The van der Waals surface area contributed by atoms with Gasteiger partial charge in [-0.05, 0) is 37.9 Å². The maximum Gasteiger partial charge on any atom is 0.213 e. The Labute approximate surface area is 83.6 Å². The van der Waals surface area contributed by atoms with Crippen LogP contribution < -0.4 is 5.32 Å². The number of pyridine rings is 1. The molecule has 0 bridgehead atoms. The Hall–Kier alpha value is -0.960.